The number of alkyl halides is 3. The SMILES string of the molecule is COc1ccc2cc(/C(C)=N\NC(=O)CNc3cccc(C(F)(F)F)c3)ccc2c1. The Balaban J connectivity index is 1.61. The van der Waals surface area contributed by atoms with E-state index in [9.17, 15) is 18.0 Å². The lowest BCUT2D eigenvalue weighted by atomic mass is 10.0. The second kappa shape index (κ2) is 8.86. The van der Waals surface area contributed by atoms with E-state index in [1.807, 2.05) is 36.4 Å². The summed E-state index contributed by atoms with van der Waals surface area (Å²) in [6.07, 6.45) is -4.44. The number of nitrogens with one attached hydrogen (secondary N) is 2. The first kappa shape index (κ1) is 21.2. The van der Waals surface area contributed by atoms with Crippen molar-refractivity contribution in [2.45, 2.75) is 13.1 Å². The van der Waals surface area contributed by atoms with Gasteiger partial charge in [0.25, 0.3) is 5.91 Å². The fraction of sp³-hybridized carbons (Fsp3) is 0.182. The van der Waals surface area contributed by atoms with Gasteiger partial charge < -0.3 is 10.1 Å². The van der Waals surface area contributed by atoms with E-state index in [0.29, 0.717) is 5.71 Å². The average Bonchev–Trinajstić information content (AvgIpc) is 2.74. The van der Waals surface area contributed by atoms with Crippen LogP contribution < -0.4 is 15.5 Å². The van der Waals surface area contributed by atoms with E-state index in [2.05, 4.69) is 15.8 Å². The first-order valence-corrected chi connectivity index (χ1v) is 9.09. The first-order chi connectivity index (χ1) is 14.3. The molecule has 0 aliphatic heterocycles. The molecule has 156 valence electrons. The minimum Gasteiger partial charge on any atom is -0.497 e. The summed E-state index contributed by atoms with van der Waals surface area (Å²) in [6.45, 7) is 1.54. The lowest BCUT2D eigenvalue weighted by Gasteiger charge is -2.10. The molecule has 3 rings (SSSR count). The molecule has 0 unspecified atom stereocenters. The molecule has 0 spiro atoms. The predicted octanol–water partition coefficient (Wildman–Crippen LogP) is 4.82. The summed E-state index contributed by atoms with van der Waals surface area (Å²) in [5.74, 6) is 0.290. The number of nitrogens with zero attached hydrogens (tertiary/aromatic N) is 1. The minimum atomic E-state index is -4.44. The Morgan fingerprint density at radius 2 is 1.77 bits per heavy atom. The summed E-state index contributed by atoms with van der Waals surface area (Å²) in [7, 11) is 1.61. The smallest absolute Gasteiger partial charge is 0.416 e. The van der Waals surface area contributed by atoms with Crippen LogP contribution in [-0.4, -0.2) is 25.3 Å². The van der Waals surface area contributed by atoms with Crippen molar-refractivity contribution in [3.8, 4) is 5.75 Å². The van der Waals surface area contributed by atoms with Crippen LogP contribution in [0.4, 0.5) is 18.9 Å². The van der Waals surface area contributed by atoms with Gasteiger partial charge in [0.05, 0.1) is 24.9 Å². The van der Waals surface area contributed by atoms with Gasteiger partial charge in [-0.3, -0.25) is 4.79 Å². The van der Waals surface area contributed by atoms with Crippen LogP contribution in [0.3, 0.4) is 0 Å². The highest BCUT2D eigenvalue weighted by molar-refractivity contribution is 6.02. The van der Waals surface area contributed by atoms with Gasteiger partial charge in [-0.2, -0.15) is 18.3 Å². The summed E-state index contributed by atoms with van der Waals surface area (Å²) in [5, 5.41) is 8.75. The van der Waals surface area contributed by atoms with Crippen LogP contribution in [0.5, 0.6) is 5.75 Å². The molecule has 0 heterocycles. The van der Waals surface area contributed by atoms with Crippen LogP contribution in [0.15, 0.2) is 65.8 Å². The Labute approximate surface area is 171 Å². The zero-order chi connectivity index (χ0) is 21.7. The molecule has 2 N–H and O–H groups in total. The highest BCUT2D eigenvalue weighted by Gasteiger charge is 2.30. The third-order valence-corrected chi connectivity index (χ3v) is 4.46. The molecule has 0 bridgehead atoms. The Morgan fingerprint density at radius 1 is 1.03 bits per heavy atom. The molecule has 0 fully saturated rings. The van der Waals surface area contributed by atoms with Crippen LogP contribution in [0.2, 0.25) is 0 Å². The van der Waals surface area contributed by atoms with Gasteiger partial charge in [0.1, 0.15) is 5.75 Å². The maximum Gasteiger partial charge on any atom is 0.416 e. The summed E-state index contributed by atoms with van der Waals surface area (Å²) in [6, 6.07) is 16.1. The normalized spacial score (nSPS) is 12.0. The summed E-state index contributed by atoms with van der Waals surface area (Å²) < 4.78 is 43.4. The van der Waals surface area contributed by atoms with E-state index in [0.717, 1.165) is 34.2 Å². The molecule has 0 aliphatic rings. The molecule has 30 heavy (non-hydrogen) atoms. The van der Waals surface area contributed by atoms with Crippen molar-refractivity contribution in [2.75, 3.05) is 19.0 Å². The first-order valence-electron chi connectivity index (χ1n) is 9.09. The van der Waals surface area contributed by atoms with Crippen LogP contribution in [0, 0.1) is 0 Å². The molecule has 0 saturated heterocycles. The topological polar surface area (TPSA) is 62.7 Å². The van der Waals surface area contributed by atoms with Gasteiger partial charge in [0, 0.05) is 5.69 Å². The van der Waals surface area contributed by atoms with Crippen molar-refractivity contribution in [3.05, 3.63) is 71.8 Å². The highest BCUT2D eigenvalue weighted by Crippen LogP contribution is 2.30. The number of methoxy groups -OCH3 is 1. The average molecular weight is 415 g/mol. The van der Waals surface area contributed by atoms with Gasteiger partial charge >= 0.3 is 6.18 Å². The molecule has 0 atom stereocenters. The molecule has 0 aromatic heterocycles. The van der Waals surface area contributed by atoms with Crippen LogP contribution in [-0.2, 0) is 11.0 Å². The van der Waals surface area contributed by atoms with Crippen molar-refractivity contribution in [3.63, 3.8) is 0 Å². The van der Waals surface area contributed by atoms with Crippen molar-refractivity contribution < 1.29 is 22.7 Å². The number of benzene rings is 3. The molecular formula is C22H20F3N3O2. The summed E-state index contributed by atoms with van der Waals surface area (Å²) in [4.78, 5) is 12.0. The number of anilines is 1. The number of halogens is 3. The number of rotatable bonds is 6. The number of ether oxygens (including phenoxy) is 1. The lowest BCUT2D eigenvalue weighted by molar-refractivity contribution is -0.137. The third kappa shape index (κ3) is 5.28. The maximum atomic E-state index is 12.7. The molecule has 1 amide bonds. The Morgan fingerprint density at radius 3 is 2.50 bits per heavy atom. The Kier molecular flexibility index (Phi) is 6.25. The van der Waals surface area contributed by atoms with Gasteiger partial charge in [-0.15, -0.1) is 0 Å². The van der Waals surface area contributed by atoms with Crippen molar-refractivity contribution in [2.24, 2.45) is 5.10 Å². The number of hydrazone groups is 1. The fourth-order valence-corrected chi connectivity index (χ4v) is 2.81. The van der Waals surface area contributed by atoms with Crippen LogP contribution >= 0.6 is 0 Å². The highest BCUT2D eigenvalue weighted by atomic mass is 19.4. The number of fused-ring (bicyclic) bond motifs is 1. The van der Waals surface area contributed by atoms with Crippen LogP contribution in [0.1, 0.15) is 18.1 Å². The summed E-state index contributed by atoms with van der Waals surface area (Å²) in [5.41, 5.74) is 3.25. The standard InChI is InChI=1S/C22H20F3N3O2/c1-14(15-6-7-17-11-20(30-2)9-8-16(17)10-15)27-28-21(29)13-26-19-5-3-4-18(12-19)22(23,24)25/h3-12,26H,13H2,1-2H3,(H,28,29)/b27-14-. The number of hydrogen-bond acceptors (Lipinski definition) is 4. The molecule has 3 aromatic carbocycles. The quantitative estimate of drug-likeness (QED) is 0.448. The molecule has 0 radical (unpaired) electrons. The fourth-order valence-electron chi connectivity index (χ4n) is 2.81. The van der Waals surface area contributed by atoms with E-state index >= 15 is 0 Å². The monoisotopic (exact) mass is 415 g/mol. The molecule has 5 nitrogen and oxygen atoms in total. The second-order valence-corrected chi connectivity index (χ2v) is 6.59. The van der Waals surface area contributed by atoms with E-state index in [4.69, 9.17) is 4.74 Å². The molecule has 0 saturated carbocycles. The zero-order valence-corrected chi connectivity index (χ0v) is 16.4. The van der Waals surface area contributed by atoms with Gasteiger partial charge in [-0.25, -0.2) is 5.43 Å². The number of hydrogen-bond donors (Lipinski definition) is 2. The number of carbonyl (C=O) groups is 1. The molecule has 8 heteroatoms. The lowest BCUT2D eigenvalue weighted by Crippen LogP contribution is -2.26. The van der Waals surface area contributed by atoms with Gasteiger partial charge in [-0.05, 0) is 59.7 Å². The number of amides is 1. The van der Waals surface area contributed by atoms with E-state index in [-0.39, 0.29) is 12.2 Å². The molecule has 3 aromatic rings. The molecular weight excluding hydrogens is 395 g/mol. The Bertz CT molecular complexity index is 1090. The largest absolute Gasteiger partial charge is 0.497 e. The van der Waals surface area contributed by atoms with Crippen molar-refractivity contribution in [1.82, 2.24) is 5.43 Å². The van der Waals surface area contributed by atoms with E-state index in [1.54, 1.807) is 14.0 Å². The van der Waals surface area contributed by atoms with Crippen LogP contribution in [0.25, 0.3) is 10.8 Å². The maximum absolute atomic E-state index is 12.7. The van der Waals surface area contributed by atoms with Gasteiger partial charge in [0.15, 0.2) is 0 Å². The van der Waals surface area contributed by atoms with E-state index < -0.39 is 17.6 Å². The van der Waals surface area contributed by atoms with Crippen molar-refractivity contribution >= 4 is 28.1 Å². The van der Waals surface area contributed by atoms with Gasteiger partial charge in [-0.1, -0.05) is 24.3 Å². The van der Waals surface area contributed by atoms with Gasteiger partial charge in [0.2, 0.25) is 0 Å². The number of carbonyl (C=O) groups excluding carboxylic acids is 1. The minimum absolute atomic E-state index is 0.200. The summed E-state index contributed by atoms with van der Waals surface area (Å²) >= 11 is 0. The zero-order valence-electron chi connectivity index (χ0n) is 16.4. The second-order valence-electron chi connectivity index (χ2n) is 6.59. The predicted molar refractivity (Wildman–Crippen MR) is 111 cm³/mol. The van der Waals surface area contributed by atoms with Crippen molar-refractivity contribution in [1.29, 1.82) is 0 Å². The Hall–Kier alpha value is -3.55. The molecule has 0 aliphatic carbocycles. The third-order valence-electron chi connectivity index (χ3n) is 4.46. The van der Waals surface area contributed by atoms with E-state index in [1.165, 1.54) is 12.1 Å².